The minimum atomic E-state index is -0.0735. The standard InChI is InChI=1S/C13H20N2O/c1-4-11(5-2)9-14-13(16)12-8-6-7-10(3)15-12/h6-8,11H,4-5,9H2,1-3H3,(H,14,16). The molecule has 1 N–H and O–H groups in total. The molecule has 0 aliphatic heterocycles. The van der Waals surface area contributed by atoms with Crippen LogP contribution in [0.25, 0.3) is 0 Å². The van der Waals surface area contributed by atoms with E-state index in [-0.39, 0.29) is 5.91 Å². The van der Waals surface area contributed by atoms with Gasteiger partial charge in [0.1, 0.15) is 5.69 Å². The van der Waals surface area contributed by atoms with E-state index in [2.05, 4.69) is 24.1 Å². The highest BCUT2D eigenvalue weighted by Crippen LogP contribution is 2.05. The first-order valence-electron chi connectivity index (χ1n) is 5.89. The Morgan fingerprint density at radius 1 is 1.38 bits per heavy atom. The van der Waals surface area contributed by atoms with Gasteiger partial charge in [0.05, 0.1) is 0 Å². The van der Waals surface area contributed by atoms with Gasteiger partial charge in [-0.25, -0.2) is 4.98 Å². The molecular weight excluding hydrogens is 200 g/mol. The van der Waals surface area contributed by atoms with Crippen molar-refractivity contribution in [2.24, 2.45) is 5.92 Å². The maximum absolute atomic E-state index is 11.8. The average molecular weight is 220 g/mol. The van der Waals surface area contributed by atoms with E-state index in [1.54, 1.807) is 6.07 Å². The Kier molecular flexibility index (Phi) is 4.96. The van der Waals surface area contributed by atoms with Crippen molar-refractivity contribution in [3.05, 3.63) is 29.6 Å². The maximum Gasteiger partial charge on any atom is 0.269 e. The molecule has 0 radical (unpaired) electrons. The van der Waals surface area contributed by atoms with Gasteiger partial charge in [0, 0.05) is 12.2 Å². The van der Waals surface area contributed by atoms with Gasteiger partial charge in [0.15, 0.2) is 0 Å². The van der Waals surface area contributed by atoms with Crippen LogP contribution in [0.4, 0.5) is 0 Å². The second kappa shape index (κ2) is 6.26. The quantitative estimate of drug-likeness (QED) is 0.828. The Morgan fingerprint density at radius 2 is 2.06 bits per heavy atom. The van der Waals surface area contributed by atoms with Crippen LogP contribution in [0, 0.1) is 12.8 Å². The van der Waals surface area contributed by atoms with E-state index >= 15 is 0 Å². The molecule has 1 aromatic rings. The van der Waals surface area contributed by atoms with Crippen LogP contribution in [0.2, 0.25) is 0 Å². The highest BCUT2D eigenvalue weighted by atomic mass is 16.1. The molecule has 0 aliphatic carbocycles. The fourth-order valence-electron chi connectivity index (χ4n) is 1.57. The Balaban J connectivity index is 2.52. The molecule has 1 rings (SSSR count). The van der Waals surface area contributed by atoms with Crippen LogP contribution >= 0.6 is 0 Å². The van der Waals surface area contributed by atoms with E-state index in [4.69, 9.17) is 0 Å². The molecule has 1 heterocycles. The highest BCUT2D eigenvalue weighted by molar-refractivity contribution is 5.92. The van der Waals surface area contributed by atoms with Crippen LogP contribution in [-0.4, -0.2) is 17.4 Å². The van der Waals surface area contributed by atoms with Crippen LogP contribution in [0.3, 0.4) is 0 Å². The number of amides is 1. The zero-order chi connectivity index (χ0) is 12.0. The summed E-state index contributed by atoms with van der Waals surface area (Å²) in [6.45, 7) is 6.91. The molecular formula is C13H20N2O. The molecule has 1 aromatic heterocycles. The van der Waals surface area contributed by atoms with Gasteiger partial charge < -0.3 is 5.32 Å². The molecule has 0 bridgehead atoms. The van der Waals surface area contributed by atoms with E-state index in [0.29, 0.717) is 11.6 Å². The van der Waals surface area contributed by atoms with Gasteiger partial charge in [0.25, 0.3) is 5.91 Å². The summed E-state index contributed by atoms with van der Waals surface area (Å²) < 4.78 is 0. The lowest BCUT2D eigenvalue weighted by Crippen LogP contribution is -2.29. The van der Waals surface area contributed by atoms with Crippen molar-refractivity contribution in [1.82, 2.24) is 10.3 Å². The molecule has 88 valence electrons. The summed E-state index contributed by atoms with van der Waals surface area (Å²) >= 11 is 0. The van der Waals surface area contributed by atoms with Crippen molar-refractivity contribution in [2.45, 2.75) is 33.6 Å². The van der Waals surface area contributed by atoms with Crippen molar-refractivity contribution in [3.8, 4) is 0 Å². The van der Waals surface area contributed by atoms with Gasteiger partial charge in [-0.1, -0.05) is 32.8 Å². The lowest BCUT2D eigenvalue weighted by Gasteiger charge is -2.12. The highest BCUT2D eigenvalue weighted by Gasteiger charge is 2.09. The number of aryl methyl sites for hydroxylation is 1. The third-order valence-corrected chi connectivity index (χ3v) is 2.83. The maximum atomic E-state index is 11.8. The number of hydrogen-bond acceptors (Lipinski definition) is 2. The van der Waals surface area contributed by atoms with Crippen LogP contribution < -0.4 is 5.32 Å². The number of hydrogen-bond donors (Lipinski definition) is 1. The van der Waals surface area contributed by atoms with Gasteiger partial charge in [-0.2, -0.15) is 0 Å². The van der Waals surface area contributed by atoms with Crippen LogP contribution in [0.5, 0.6) is 0 Å². The van der Waals surface area contributed by atoms with Crippen molar-refractivity contribution >= 4 is 5.91 Å². The van der Waals surface area contributed by atoms with Crippen molar-refractivity contribution in [1.29, 1.82) is 0 Å². The molecule has 0 aliphatic rings. The van der Waals surface area contributed by atoms with Crippen LogP contribution in [0.15, 0.2) is 18.2 Å². The summed E-state index contributed by atoms with van der Waals surface area (Å²) in [4.78, 5) is 16.0. The van der Waals surface area contributed by atoms with Crippen LogP contribution in [0.1, 0.15) is 42.9 Å². The Labute approximate surface area is 97.3 Å². The molecule has 3 heteroatoms. The first kappa shape index (κ1) is 12.7. The molecule has 1 amide bonds. The largest absolute Gasteiger partial charge is 0.350 e. The fraction of sp³-hybridized carbons (Fsp3) is 0.538. The molecule has 0 unspecified atom stereocenters. The normalized spacial score (nSPS) is 10.5. The molecule has 0 saturated heterocycles. The smallest absolute Gasteiger partial charge is 0.269 e. The summed E-state index contributed by atoms with van der Waals surface area (Å²) in [5.41, 5.74) is 1.38. The number of nitrogens with zero attached hydrogens (tertiary/aromatic N) is 1. The van der Waals surface area contributed by atoms with E-state index in [0.717, 1.165) is 25.1 Å². The van der Waals surface area contributed by atoms with E-state index in [9.17, 15) is 4.79 Å². The number of nitrogens with one attached hydrogen (secondary N) is 1. The topological polar surface area (TPSA) is 42.0 Å². The monoisotopic (exact) mass is 220 g/mol. The third-order valence-electron chi connectivity index (χ3n) is 2.83. The first-order valence-corrected chi connectivity index (χ1v) is 5.89. The first-order chi connectivity index (χ1) is 7.67. The molecule has 0 spiro atoms. The number of carbonyl (C=O) groups excluding carboxylic acids is 1. The Hall–Kier alpha value is -1.38. The average Bonchev–Trinajstić information content (AvgIpc) is 2.30. The summed E-state index contributed by atoms with van der Waals surface area (Å²) in [5, 5.41) is 2.93. The molecule has 3 nitrogen and oxygen atoms in total. The van der Waals surface area contributed by atoms with Crippen LogP contribution in [-0.2, 0) is 0 Å². The van der Waals surface area contributed by atoms with Crippen molar-refractivity contribution in [3.63, 3.8) is 0 Å². The molecule has 0 aromatic carbocycles. The van der Waals surface area contributed by atoms with Gasteiger partial charge >= 0.3 is 0 Å². The fourth-order valence-corrected chi connectivity index (χ4v) is 1.57. The second-order valence-corrected chi connectivity index (χ2v) is 4.06. The predicted octanol–water partition coefficient (Wildman–Crippen LogP) is 2.56. The van der Waals surface area contributed by atoms with Gasteiger partial charge in [-0.05, 0) is 25.0 Å². The molecule has 16 heavy (non-hydrogen) atoms. The summed E-state index contributed by atoms with van der Waals surface area (Å²) in [6, 6.07) is 5.49. The minimum absolute atomic E-state index is 0.0735. The summed E-state index contributed by atoms with van der Waals surface area (Å²) in [7, 11) is 0. The van der Waals surface area contributed by atoms with Crippen molar-refractivity contribution < 1.29 is 4.79 Å². The Bertz CT molecular complexity index is 346. The van der Waals surface area contributed by atoms with Gasteiger partial charge in [-0.15, -0.1) is 0 Å². The number of pyridine rings is 1. The number of aromatic nitrogens is 1. The second-order valence-electron chi connectivity index (χ2n) is 4.06. The summed E-state index contributed by atoms with van der Waals surface area (Å²) in [5.74, 6) is 0.490. The molecule has 0 atom stereocenters. The zero-order valence-electron chi connectivity index (χ0n) is 10.3. The van der Waals surface area contributed by atoms with Crippen molar-refractivity contribution in [2.75, 3.05) is 6.54 Å². The van der Waals surface area contributed by atoms with E-state index in [1.165, 1.54) is 0 Å². The molecule has 0 saturated carbocycles. The Morgan fingerprint density at radius 3 is 2.62 bits per heavy atom. The zero-order valence-corrected chi connectivity index (χ0v) is 10.3. The van der Waals surface area contributed by atoms with Gasteiger partial charge in [0.2, 0.25) is 0 Å². The lowest BCUT2D eigenvalue weighted by molar-refractivity contribution is 0.0941. The molecule has 0 fully saturated rings. The van der Waals surface area contributed by atoms with E-state index in [1.807, 2.05) is 19.1 Å². The summed E-state index contributed by atoms with van der Waals surface area (Å²) in [6.07, 6.45) is 2.19. The number of carbonyl (C=O) groups is 1. The van der Waals surface area contributed by atoms with Gasteiger partial charge in [-0.3, -0.25) is 4.79 Å². The number of rotatable bonds is 5. The lowest BCUT2D eigenvalue weighted by atomic mass is 10.0. The third kappa shape index (κ3) is 3.65. The van der Waals surface area contributed by atoms with E-state index < -0.39 is 0 Å². The SMILES string of the molecule is CCC(CC)CNC(=O)c1cccc(C)n1. The minimum Gasteiger partial charge on any atom is -0.350 e. The predicted molar refractivity (Wildman–Crippen MR) is 65.4 cm³/mol.